The first-order valence-corrected chi connectivity index (χ1v) is 6.32. The Kier molecular flexibility index (Phi) is 4.80. The van der Waals surface area contributed by atoms with E-state index >= 15 is 0 Å². The predicted octanol–water partition coefficient (Wildman–Crippen LogP) is -0.147. The van der Waals surface area contributed by atoms with Crippen molar-refractivity contribution in [2.75, 3.05) is 12.8 Å². The van der Waals surface area contributed by atoms with Gasteiger partial charge in [-0.25, -0.2) is 0 Å². The zero-order chi connectivity index (χ0) is 11.4. The Morgan fingerprint density at radius 2 is 2.00 bits per heavy atom. The van der Waals surface area contributed by atoms with Crippen molar-refractivity contribution in [1.29, 1.82) is 0 Å². The van der Waals surface area contributed by atoms with Crippen LogP contribution in [-0.4, -0.2) is 34.7 Å². The molecule has 0 fully saturated rings. The lowest BCUT2D eigenvalue weighted by Gasteiger charge is -2.12. The van der Waals surface area contributed by atoms with Gasteiger partial charge in [-0.2, -0.15) is 0 Å². The summed E-state index contributed by atoms with van der Waals surface area (Å²) in [7, 11) is -3.37. The van der Waals surface area contributed by atoms with E-state index < -0.39 is 25.2 Å². The number of carboxylic acids is 1. The van der Waals surface area contributed by atoms with Crippen LogP contribution in [0.3, 0.4) is 0 Å². The van der Waals surface area contributed by atoms with Crippen LogP contribution in [0.4, 0.5) is 0 Å². The summed E-state index contributed by atoms with van der Waals surface area (Å²) < 4.78 is 11.0. The van der Waals surface area contributed by atoms with Gasteiger partial charge in [-0.3, -0.25) is 14.2 Å². The minimum absolute atomic E-state index is 0.00303. The fourth-order valence-corrected chi connectivity index (χ4v) is 2.17. The van der Waals surface area contributed by atoms with Gasteiger partial charge in [0.1, 0.15) is 0 Å². The summed E-state index contributed by atoms with van der Waals surface area (Å²) >= 11 is 0. The van der Waals surface area contributed by atoms with E-state index in [-0.39, 0.29) is 19.0 Å². The van der Waals surface area contributed by atoms with Crippen LogP contribution in [0.15, 0.2) is 0 Å². The van der Waals surface area contributed by atoms with Crippen LogP contribution in [0.2, 0.25) is 0 Å². The van der Waals surface area contributed by atoms with E-state index in [4.69, 9.17) is 15.7 Å². The number of primary amides is 1. The van der Waals surface area contributed by atoms with Crippen LogP contribution >= 0.6 is 7.37 Å². The van der Waals surface area contributed by atoms with E-state index in [1.165, 1.54) is 0 Å². The number of hydrogen-bond acceptors (Lipinski definition) is 3. The molecule has 6 nitrogen and oxygen atoms in total. The third kappa shape index (κ3) is 6.62. The molecule has 0 aliphatic carbocycles. The summed E-state index contributed by atoms with van der Waals surface area (Å²) in [6.07, 6.45) is -0.407. The van der Waals surface area contributed by atoms with Crippen LogP contribution in [-0.2, 0) is 14.2 Å². The fourth-order valence-electron chi connectivity index (χ4n) is 1.02. The molecule has 7 heteroatoms. The van der Waals surface area contributed by atoms with Gasteiger partial charge in [0.25, 0.3) is 0 Å². The highest BCUT2D eigenvalue weighted by atomic mass is 31.2. The van der Waals surface area contributed by atoms with Crippen molar-refractivity contribution >= 4 is 19.2 Å². The monoisotopic (exact) mass is 223 g/mol. The number of carbonyl (C=O) groups is 2. The quantitative estimate of drug-likeness (QED) is 0.541. The van der Waals surface area contributed by atoms with Crippen LogP contribution in [0.5, 0.6) is 0 Å². The van der Waals surface area contributed by atoms with Crippen molar-refractivity contribution in [1.82, 2.24) is 0 Å². The Balaban J connectivity index is 4.24. The van der Waals surface area contributed by atoms with Gasteiger partial charge in [-0.05, 0) is 6.42 Å². The minimum Gasteiger partial charge on any atom is -0.481 e. The Morgan fingerprint density at radius 3 is 2.29 bits per heavy atom. The first kappa shape index (κ1) is 13.1. The molecule has 4 N–H and O–H groups in total. The standard InChI is InChI=1S/C7H14NO5P/c1-14(12,13)4-5(7(10)11)2-3-6(8)9/h5H,2-4H2,1H3,(H2,8,9)(H,10,11)(H,12,13). The molecule has 0 aromatic carbocycles. The lowest BCUT2D eigenvalue weighted by atomic mass is 10.1. The molecule has 0 bridgehead atoms. The maximum absolute atomic E-state index is 11.0. The SMILES string of the molecule is CP(=O)(O)CC(CCC(N)=O)C(=O)O. The largest absolute Gasteiger partial charge is 0.481 e. The minimum atomic E-state index is -3.37. The summed E-state index contributed by atoms with van der Waals surface area (Å²) in [5.41, 5.74) is 4.84. The molecule has 0 aromatic heterocycles. The van der Waals surface area contributed by atoms with Gasteiger partial charge in [0.15, 0.2) is 7.37 Å². The van der Waals surface area contributed by atoms with Crippen molar-refractivity contribution in [2.45, 2.75) is 12.8 Å². The van der Waals surface area contributed by atoms with Gasteiger partial charge >= 0.3 is 5.97 Å². The third-order valence-corrected chi connectivity index (χ3v) is 2.77. The topological polar surface area (TPSA) is 118 Å². The summed E-state index contributed by atoms with van der Waals surface area (Å²) in [6.45, 7) is 1.09. The van der Waals surface area contributed by atoms with Gasteiger partial charge < -0.3 is 15.7 Å². The van der Waals surface area contributed by atoms with E-state index in [0.717, 1.165) is 6.66 Å². The molecular weight excluding hydrogens is 209 g/mol. The summed E-state index contributed by atoms with van der Waals surface area (Å²) in [5.74, 6) is -2.77. The molecule has 0 aromatic rings. The Hall–Kier alpha value is -0.870. The molecule has 2 unspecified atom stereocenters. The molecule has 0 spiro atoms. The third-order valence-electron chi connectivity index (χ3n) is 1.65. The van der Waals surface area contributed by atoms with Crippen molar-refractivity contribution < 1.29 is 24.2 Å². The second-order valence-electron chi connectivity index (χ2n) is 3.27. The van der Waals surface area contributed by atoms with Gasteiger partial charge in [0, 0.05) is 19.2 Å². The molecule has 0 saturated heterocycles. The van der Waals surface area contributed by atoms with Gasteiger partial charge in [0.05, 0.1) is 5.92 Å². The van der Waals surface area contributed by atoms with E-state index in [0.29, 0.717) is 0 Å². The molecule has 0 radical (unpaired) electrons. The molecule has 0 saturated carbocycles. The summed E-state index contributed by atoms with van der Waals surface area (Å²) in [6, 6.07) is 0. The predicted molar refractivity (Wildman–Crippen MR) is 50.2 cm³/mol. The van der Waals surface area contributed by atoms with E-state index in [1.54, 1.807) is 0 Å². The van der Waals surface area contributed by atoms with E-state index in [1.807, 2.05) is 0 Å². The zero-order valence-corrected chi connectivity index (χ0v) is 8.74. The number of nitrogens with two attached hydrogens (primary N) is 1. The molecular formula is C7H14NO5P. The average molecular weight is 223 g/mol. The maximum Gasteiger partial charge on any atom is 0.307 e. The molecule has 0 rings (SSSR count). The highest BCUT2D eigenvalue weighted by molar-refractivity contribution is 7.57. The van der Waals surface area contributed by atoms with Gasteiger partial charge in [0.2, 0.25) is 5.91 Å². The van der Waals surface area contributed by atoms with Gasteiger partial charge in [-0.1, -0.05) is 0 Å². The summed E-state index contributed by atoms with van der Waals surface area (Å²) in [5, 5.41) is 8.67. The molecule has 82 valence electrons. The smallest absolute Gasteiger partial charge is 0.307 e. The summed E-state index contributed by atoms with van der Waals surface area (Å²) in [4.78, 5) is 30.0. The van der Waals surface area contributed by atoms with Crippen LogP contribution in [0.1, 0.15) is 12.8 Å². The molecule has 14 heavy (non-hydrogen) atoms. The number of hydrogen-bond donors (Lipinski definition) is 3. The first-order chi connectivity index (χ1) is 6.22. The first-order valence-electron chi connectivity index (χ1n) is 4.03. The van der Waals surface area contributed by atoms with Crippen molar-refractivity contribution in [3.8, 4) is 0 Å². The Labute approximate surface area is 81.6 Å². The lowest BCUT2D eigenvalue weighted by molar-refractivity contribution is -0.141. The highest BCUT2D eigenvalue weighted by Gasteiger charge is 2.25. The van der Waals surface area contributed by atoms with Gasteiger partial charge in [-0.15, -0.1) is 0 Å². The van der Waals surface area contributed by atoms with Crippen LogP contribution in [0.25, 0.3) is 0 Å². The Morgan fingerprint density at radius 1 is 1.50 bits per heavy atom. The number of carbonyl (C=O) groups excluding carboxylic acids is 1. The van der Waals surface area contributed by atoms with Crippen molar-refractivity contribution in [3.63, 3.8) is 0 Å². The number of rotatable bonds is 6. The van der Waals surface area contributed by atoms with Crippen LogP contribution in [0, 0.1) is 5.92 Å². The molecule has 0 heterocycles. The molecule has 2 atom stereocenters. The average Bonchev–Trinajstić information content (AvgIpc) is 1.94. The second-order valence-corrected chi connectivity index (χ2v) is 5.74. The molecule has 0 aliphatic rings. The molecule has 1 amide bonds. The van der Waals surface area contributed by atoms with E-state index in [9.17, 15) is 14.2 Å². The fraction of sp³-hybridized carbons (Fsp3) is 0.714. The normalized spacial score (nSPS) is 17.0. The van der Waals surface area contributed by atoms with Crippen molar-refractivity contribution in [2.24, 2.45) is 11.7 Å². The number of aliphatic carboxylic acids is 1. The van der Waals surface area contributed by atoms with Crippen molar-refractivity contribution in [3.05, 3.63) is 0 Å². The zero-order valence-electron chi connectivity index (χ0n) is 7.84. The highest BCUT2D eigenvalue weighted by Crippen LogP contribution is 2.38. The Bertz CT molecular complexity index is 271. The lowest BCUT2D eigenvalue weighted by Crippen LogP contribution is -2.21. The van der Waals surface area contributed by atoms with Crippen LogP contribution < -0.4 is 5.73 Å². The number of amides is 1. The van der Waals surface area contributed by atoms with E-state index in [2.05, 4.69) is 0 Å². The number of carboxylic acid groups (broad SMARTS) is 1. The second kappa shape index (κ2) is 5.12. The molecule has 0 aliphatic heterocycles. The maximum atomic E-state index is 11.0.